The van der Waals surface area contributed by atoms with E-state index in [-0.39, 0.29) is 0 Å². The number of likely N-dealkylation sites (tertiary alicyclic amines) is 1. The Morgan fingerprint density at radius 3 is 2.62 bits per heavy atom. The Balaban J connectivity index is 1.47. The third kappa shape index (κ3) is 4.90. The molecule has 170 valence electrons. The van der Waals surface area contributed by atoms with Gasteiger partial charge >= 0.3 is 0 Å². The van der Waals surface area contributed by atoms with Gasteiger partial charge < -0.3 is 4.90 Å². The summed E-state index contributed by atoms with van der Waals surface area (Å²) in [5.41, 5.74) is 5.29. The molecule has 0 aliphatic carbocycles. The minimum atomic E-state index is -1.13. The molecule has 4 rings (SSSR count). The average Bonchev–Trinajstić information content (AvgIpc) is 3.46. The fraction of sp³-hybridized carbons (Fsp3) is 0.464. The van der Waals surface area contributed by atoms with Crippen LogP contribution in [0.2, 0.25) is 0 Å². The van der Waals surface area contributed by atoms with E-state index in [1.54, 1.807) is 11.5 Å². The zero-order valence-electron chi connectivity index (χ0n) is 19.6. The maximum Gasteiger partial charge on any atom is 0.175 e. The van der Waals surface area contributed by atoms with Crippen molar-refractivity contribution in [1.82, 2.24) is 14.5 Å². The number of benzene rings is 2. The summed E-state index contributed by atoms with van der Waals surface area (Å²) in [6.07, 6.45) is 7.21. The van der Waals surface area contributed by atoms with Crippen molar-refractivity contribution in [2.45, 2.75) is 65.1 Å². The van der Waals surface area contributed by atoms with Crippen molar-refractivity contribution in [2.24, 2.45) is 5.92 Å². The Hall–Kier alpha value is -2.62. The summed E-state index contributed by atoms with van der Waals surface area (Å²) in [5.74, 6) is 1.28. The SMILES string of the molecule is C=C(C(CCC)CCCc1cccc(-c2nc3ccccc3n2C(C)F)c1)N1CCCC1. The Bertz CT molecular complexity index is 1050. The van der Waals surface area contributed by atoms with Crippen LogP contribution in [-0.2, 0) is 6.42 Å². The van der Waals surface area contributed by atoms with Crippen LogP contribution < -0.4 is 0 Å². The van der Waals surface area contributed by atoms with Crippen molar-refractivity contribution in [3.63, 3.8) is 0 Å². The Labute approximate surface area is 192 Å². The van der Waals surface area contributed by atoms with E-state index in [4.69, 9.17) is 4.98 Å². The van der Waals surface area contributed by atoms with E-state index in [1.807, 2.05) is 30.3 Å². The highest BCUT2D eigenvalue weighted by Crippen LogP contribution is 2.31. The molecule has 2 atom stereocenters. The standard InChI is InChI=1S/C28H36FN3/c1-4-11-24(21(2)31-18-7-8-19-31)14-9-12-23-13-10-15-25(20-23)28-30-26-16-5-6-17-27(26)32(28)22(3)29/h5-6,10,13,15-17,20,22,24H,2,4,7-9,11-12,14,18-19H2,1,3H3. The Morgan fingerprint density at radius 2 is 1.88 bits per heavy atom. The van der Waals surface area contributed by atoms with Crippen LogP contribution >= 0.6 is 0 Å². The van der Waals surface area contributed by atoms with Gasteiger partial charge in [0.1, 0.15) is 5.82 Å². The minimum absolute atomic E-state index is 0.581. The number of rotatable bonds is 10. The van der Waals surface area contributed by atoms with E-state index in [9.17, 15) is 4.39 Å². The zero-order valence-corrected chi connectivity index (χ0v) is 19.6. The molecule has 0 radical (unpaired) electrons. The Kier molecular flexibility index (Phi) is 7.29. The molecule has 0 bridgehead atoms. The van der Waals surface area contributed by atoms with Crippen molar-refractivity contribution in [1.29, 1.82) is 0 Å². The molecule has 1 aliphatic rings. The molecule has 1 fully saturated rings. The number of para-hydroxylation sites is 2. The number of aromatic nitrogens is 2. The normalized spacial score (nSPS) is 15.9. The summed E-state index contributed by atoms with van der Waals surface area (Å²) in [4.78, 5) is 7.25. The molecule has 2 unspecified atom stereocenters. The molecule has 2 aromatic carbocycles. The minimum Gasteiger partial charge on any atom is -0.375 e. The third-order valence-electron chi connectivity index (χ3n) is 6.78. The van der Waals surface area contributed by atoms with Crippen LogP contribution in [0.4, 0.5) is 4.39 Å². The molecular weight excluding hydrogens is 397 g/mol. The van der Waals surface area contributed by atoms with E-state index in [2.05, 4.69) is 36.6 Å². The number of hydrogen-bond acceptors (Lipinski definition) is 2. The summed E-state index contributed by atoms with van der Waals surface area (Å²) >= 11 is 0. The van der Waals surface area contributed by atoms with Crippen LogP contribution in [-0.4, -0.2) is 27.5 Å². The molecule has 3 nitrogen and oxygen atoms in total. The lowest BCUT2D eigenvalue weighted by Crippen LogP contribution is -2.23. The lowest BCUT2D eigenvalue weighted by Gasteiger charge is -2.28. The highest BCUT2D eigenvalue weighted by molar-refractivity contribution is 5.80. The van der Waals surface area contributed by atoms with Gasteiger partial charge in [-0.2, -0.15) is 0 Å². The fourth-order valence-electron chi connectivity index (χ4n) is 5.12. The zero-order chi connectivity index (χ0) is 22.5. The number of allylic oxidation sites excluding steroid dienone is 1. The molecule has 4 heteroatoms. The summed E-state index contributed by atoms with van der Waals surface area (Å²) in [7, 11) is 0. The lowest BCUT2D eigenvalue weighted by atomic mass is 9.92. The van der Waals surface area contributed by atoms with Gasteiger partial charge in [0.15, 0.2) is 6.30 Å². The van der Waals surface area contributed by atoms with Gasteiger partial charge in [0.25, 0.3) is 0 Å². The van der Waals surface area contributed by atoms with Gasteiger partial charge in [-0.1, -0.05) is 50.3 Å². The molecule has 1 aromatic heterocycles. The lowest BCUT2D eigenvalue weighted by molar-refractivity contribution is 0.277. The molecule has 3 aromatic rings. The predicted octanol–water partition coefficient (Wildman–Crippen LogP) is 7.54. The van der Waals surface area contributed by atoms with Gasteiger partial charge in [-0.05, 0) is 75.1 Å². The van der Waals surface area contributed by atoms with E-state index < -0.39 is 6.30 Å². The molecule has 0 amide bonds. The van der Waals surface area contributed by atoms with E-state index in [1.165, 1.54) is 56.5 Å². The topological polar surface area (TPSA) is 21.1 Å². The maximum absolute atomic E-state index is 14.5. The van der Waals surface area contributed by atoms with Crippen molar-refractivity contribution in [2.75, 3.05) is 13.1 Å². The van der Waals surface area contributed by atoms with Gasteiger partial charge in [-0.3, -0.25) is 4.57 Å². The van der Waals surface area contributed by atoms with Crippen LogP contribution in [0.15, 0.2) is 60.8 Å². The largest absolute Gasteiger partial charge is 0.375 e. The van der Waals surface area contributed by atoms with Gasteiger partial charge in [0, 0.05) is 24.4 Å². The van der Waals surface area contributed by atoms with Crippen LogP contribution in [0.25, 0.3) is 22.4 Å². The second-order valence-electron chi connectivity index (χ2n) is 9.13. The summed E-state index contributed by atoms with van der Waals surface area (Å²) in [6.45, 7) is 10.7. The number of imidazole rings is 1. The third-order valence-corrected chi connectivity index (χ3v) is 6.78. The number of nitrogens with zero attached hydrogens (tertiary/aromatic N) is 3. The van der Waals surface area contributed by atoms with E-state index >= 15 is 0 Å². The van der Waals surface area contributed by atoms with Crippen molar-refractivity contribution in [3.05, 3.63) is 66.4 Å². The molecule has 1 saturated heterocycles. The molecule has 2 heterocycles. The second kappa shape index (κ2) is 10.3. The molecule has 0 spiro atoms. The van der Waals surface area contributed by atoms with E-state index in [0.29, 0.717) is 11.7 Å². The second-order valence-corrected chi connectivity index (χ2v) is 9.13. The van der Waals surface area contributed by atoms with Crippen molar-refractivity contribution in [3.8, 4) is 11.4 Å². The molecule has 0 N–H and O–H groups in total. The van der Waals surface area contributed by atoms with Gasteiger partial charge in [0.05, 0.1) is 11.0 Å². The van der Waals surface area contributed by atoms with Crippen molar-refractivity contribution < 1.29 is 4.39 Å². The molecule has 1 aliphatic heterocycles. The highest BCUT2D eigenvalue weighted by Gasteiger charge is 2.21. The number of hydrogen-bond donors (Lipinski definition) is 0. The maximum atomic E-state index is 14.5. The smallest absolute Gasteiger partial charge is 0.175 e. The molecule has 32 heavy (non-hydrogen) atoms. The van der Waals surface area contributed by atoms with Gasteiger partial charge in [-0.15, -0.1) is 0 Å². The average molecular weight is 434 g/mol. The molecular formula is C28H36FN3. The first-order chi connectivity index (χ1) is 15.6. The van der Waals surface area contributed by atoms with Gasteiger partial charge in [0.2, 0.25) is 0 Å². The Morgan fingerprint density at radius 1 is 1.09 bits per heavy atom. The summed E-state index contributed by atoms with van der Waals surface area (Å²) in [5, 5.41) is 0. The van der Waals surface area contributed by atoms with Crippen LogP contribution in [0.5, 0.6) is 0 Å². The predicted molar refractivity (Wildman–Crippen MR) is 132 cm³/mol. The number of fused-ring (bicyclic) bond motifs is 1. The van der Waals surface area contributed by atoms with E-state index in [0.717, 1.165) is 29.4 Å². The highest BCUT2D eigenvalue weighted by atomic mass is 19.1. The van der Waals surface area contributed by atoms with Crippen molar-refractivity contribution >= 4 is 11.0 Å². The van der Waals surface area contributed by atoms with Crippen LogP contribution in [0.3, 0.4) is 0 Å². The number of alkyl halides is 1. The van der Waals surface area contributed by atoms with Gasteiger partial charge in [-0.25, -0.2) is 9.37 Å². The summed E-state index contributed by atoms with van der Waals surface area (Å²) in [6, 6.07) is 16.2. The number of halogens is 1. The number of aryl methyl sites for hydroxylation is 1. The summed E-state index contributed by atoms with van der Waals surface area (Å²) < 4.78 is 16.2. The molecule has 0 saturated carbocycles. The first kappa shape index (κ1) is 22.6. The monoisotopic (exact) mass is 433 g/mol. The fourth-order valence-corrected chi connectivity index (χ4v) is 5.12. The quantitative estimate of drug-likeness (QED) is 0.329. The first-order valence-corrected chi connectivity index (χ1v) is 12.2. The van der Waals surface area contributed by atoms with Crippen LogP contribution in [0.1, 0.15) is 64.2 Å². The van der Waals surface area contributed by atoms with Crippen LogP contribution in [0, 0.1) is 5.92 Å². The first-order valence-electron chi connectivity index (χ1n) is 12.2.